The molecule has 0 radical (unpaired) electrons. The number of benzene rings is 1. The maximum absolute atomic E-state index is 12.4. The van der Waals surface area contributed by atoms with E-state index in [1.54, 1.807) is 19.1 Å². The Labute approximate surface area is 149 Å². The van der Waals surface area contributed by atoms with Crippen molar-refractivity contribution in [2.75, 3.05) is 6.61 Å². The maximum Gasteiger partial charge on any atom is 0.422 e. The summed E-state index contributed by atoms with van der Waals surface area (Å²) < 4.78 is 42.0. The lowest BCUT2D eigenvalue weighted by atomic mass is 9.81. The van der Waals surface area contributed by atoms with Crippen molar-refractivity contribution < 1.29 is 32.6 Å². The topological polar surface area (TPSA) is 75.6 Å². The fourth-order valence-electron chi connectivity index (χ4n) is 3.03. The van der Waals surface area contributed by atoms with Crippen molar-refractivity contribution in [1.29, 1.82) is 0 Å². The van der Waals surface area contributed by atoms with Crippen molar-refractivity contribution in [3.05, 3.63) is 29.3 Å². The van der Waals surface area contributed by atoms with Gasteiger partial charge < -0.3 is 15.2 Å². The van der Waals surface area contributed by atoms with Crippen LogP contribution in [0.5, 0.6) is 5.75 Å². The van der Waals surface area contributed by atoms with Gasteiger partial charge in [-0.1, -0.05) is 12.1 Å². The smallest absolute Gasteiger partial charge is 0.422 e. The molecule has 0 atom stereocenters. The molecule has 0 aromatic heterocycles. The number of ether oxygens (including phenoxy) is 1. The van der Waals surface area contributed by atoms with E-state index < -0.39 is 24.7 Å². The first-order valence-electron chi connectivity index (χ1n) is 8.45. The Kier molecular flexibility index (Phi) is 6.50. The quantitative estimate of drug-likeness (QED) is 0.801. The van der Waals surface area contributed by atoms with Gasteiger partial charge in [-0.3, -0.25) is 9.59 Å². The molecule has 5 nitrogen and oxygen atoms in total. The summed E-state index contributed by atoms with van der Waals surface area (Å²) >= 11 is 0. The van der Waals surface area contributed by atoms with Gasteiger partial charge in [-0.2, -0.15) is 13.2 Å². The molecule has 0 bridgehead atoms. The largest absolute Gasteiger partial charge is 0.484 e. The summed E-state index contributed by atoms with van der Waals surface area (Å²) in [6.07, 6.45) is -2.54. The monoisotopic (exact) mass is 373 g/mol. The number of carboxylic acid groups (broad SMARTS) is 1. The van der Waals surface area contributed by atoms with Crippen LogP contribution in [0.4, 0.5) is 13.2 Å². The highest BCUT2D eigenvalue weighted by Gasteiger charge is 2.30. The van der Waals surface area contributed by atoms with E-state index in [9.17, 15) is 22.8 Å². The summed E-state index contributed by atoms with van der Waals surface area (Å²) in [5.74, 6) is -1.63. The number of aliphatic carboxylic acids is 1. The molecule has 0 aliphatic heterocycles. The SMILES string of the molecule is Cc1ccc(CNC(=O)C2CCC(C(=O)O)CC2)c(OCC(F)(F)F)c1. The van der Waals surface area contributed by atoms with E-state index in [2.05, 4.69) is 5.32 Å². The van der Waals surface area contributed by atoms with Crippen LogP contribution in [-0.4, -0.2) is 29.8 Å². The second-order valence-electron chi connectivity index (χ2n) is 6.62. The minimum atomic E-state index is -4.44. The van der Waals surface area contributed by atoms with Crippen molar-refractivity contribution in [3.63, 3.8) is 0 Å². The molecule has 1 fully saturated rings. The van der Waals surface area contributed by atoms with E-state index in [1.807, 2.05) is 0 Å². The van der Waals surface area contributed by atoms with E-state index in [0.29, 0.717) is 31.2 Å². The number of rotatable bonds is 6. The second-order valence-corrected chi connectivity index (χ2v) is 6.62. The first-order valence-corrected chi connectivity index (χ1v) is 8.45. The van der Waals surface area contributed by atoms with Gasteiger partial charge >= 0.3 is 12.1 Å². The van der Waals surface area contributed by atoms with Crippen molar-refractivity contribution >= 4 is 11.9 Å². The molecule has 1 saturated carbocycles. The van der Waals surface area contributed by atoms with Crippen molar-refractivity contribution in [2.45, 2.75) is 45.3 Å². The molecule has 0 spiro atoms. The molecule has 1 aliphatic carbocycles. The first kappa shape index (κ1) is 20.1. The van der Waals surface area contributed by atoms with E-state index >= 15 is 0 Å². The van der Waals surface area contributed by atoms with Crippen LogP contribution in [0.2, 0.25) is 0 Å². The van der Waals surface area contributed by atoms with Crippen LogP contribution >= 0.6 is 0 Å². The molecule has 0 heterocycles. The number of hydrogen-bond donors (Lipinski definition) is 2. The van der Waals surface area contributed by atoms with Gasteiger partial charge in [0.05, 0.1) is 5.92 Å². The third-order valence-electron chi connectivity index (χ3n) is 4.51. The van der Waals surface area contributed by atoms with Gasteiger partial charge in [0.25, 0.3) is 0 Å². The highest BCUT2D eigenvalue weighted by molar-refractivity contribution is 5.79. The second kappa shape index (κ2) is 8.42. The van der Waals surface area contributed by atoms with Crippen molar-refractivity contribution in [2.24, 2.45) is 11.8 Å². The Balaban J connectivity index is 1.92. The van der Waals surface area contributed by atoms with Gasteiger partial charge in [-0.05, 0) is 44.2 Å². The Morgan fingerprint density at radius 3 is 2.38 bits per heavy atom. The lowest BCUT2D eigenvalue weighted by Gasteiger charge is -2.25. The molecule has 1 aliphatic rings. The average Bonchev–Trinajstić information content (AvgIpc) is 2.58. The van der Waals surface area contributed by atoms with E-state index in [1.165, 1.54) is 6.07 Å². The van der Waals surface area contributed by atoms with E-state index in [0.717, 1.165) is 5.56 Å². The minimum absolute atomic E-state index is 0.0607. The number of alkyl halides is 3. The molecule has 144 valence electrons. The predicted molar refractivity (Wildman–Crippen MR) is 87.7 cm³/mol. The lowest BCUT2D eigenvalue weighted by molar-refractivity contribution is -0.153. The van der Waals surface area contributed by atoms with E-state index in [4.69, 9.17) is 9.84 Å². The normalized spacial score (nSPS) is 20.5. The standard InChI is InChI=1S/C18H22F3NO4/c1-11-2-3-14(15(8-11)26-10-18(19,20)21)9-22-16(23)12-4-6-13(7-5-12)17(24)25/h2-3,8,12-13H,4-7,9-10H2,1H3,(H,22,23)(H,24,25). The third-order valence-corrected chi connectivity index (χ3v) is 4.51. The molecule has 1 aromatic carbocycles. The molecule has 0 saturated heterocycles. The van der Waals surface area contributed by atoms with Crippen molar-refractivity contribution in [3.8, 4) is 5.75 Å². The van der Waals surface area contributed by atoms with Crippen LogP contribution in [0.1, 0.15) is 36.8 Å². The van der Waals surface area contributed by atoms with Crippen LogP contribution in [0, 0.1) is 18.8 Å². The molecule has 0 unspecified atom stereocenters. The molecular weight excluding hydrogens is 351 g/mol. The van der Waals surface area contributed by atoms with Crippen LogP contribution in [0.15, 0.2) is 18.2 Å². The number of halogens is 3. The van der Waals surface area contributed by atoms with Crippen LogP contribution in [-0.2, 0) is 16.1 Å². The van der Waals surface area contributed by atoms with Gasteiger partial charge in [0.2, 0.25) is 5.91 Å². The summed E-state index contributed by atoms with van der Waals surface area (Å²) in [7, 11) is 0. The molecule has 2 rings (SSSR count). The van der Waals surface area contributed by atoms with E-state index in [-0.39, 0.29) is 24.1 Å². The predicted octanol–water partition coefficient (Wildman–Crippen LogP) is 3.44. The number of hydrogen-bond acceptors (Lipinski definition) is 3. The number of carboxylic acids is 1. The average molecular weight is 373 g/mol. The Bertz CT molecular complexity index is 652. The highest BCUT2D eigenvalue weighted by atomic mass is 19.4. The molecule has 8 heteroatoms. The fraction of sp³-hybridized carbons (Fsp3) is 0.556. The number of amides is 1. The summed E-state index contributed by atoms with van der Waals surface area (Å²) in [5.41, 5.74) is 1.22. The Hall–Kier alpha value is -2.25. The first-order chi connectivity index (χ1) is 12.2. The zero-order chi connectivity index (χ0) is 19.3. The number of carbonyl (C=O) groups is 2. The zero-order valence-corrected chi connectivity index (χ0v) is 14.4. The number of nitrogens with one attached hydrogen (secondary N) is 1. The summed E-state index contributed by atoms with van der Waals surface area (Å²) in [4.78, 5) is 23.2. The summed E-state index contributed by atoms with van der Waals surface area (Å²) in [6, 6.07) is 4.87. The molecule has 26 heavy (non-hydrogen) atoms. The van der Waals surface area contributed by atoms with Gasteiger partial charge in [0.15, 0.2) is 6.61 Å². The Morgan fingerprint density at radius 2 is 1.81 bits per heavy atom. The minimum Gasteiger partial charge on any atom is -0.484 e. The number of carbonyl (C=O) groups excluding carboxylic acids is 1. The van der Waals surface area contributed by atoms with Gasteiger partial charge in [0.1, 0.15) is 5.75 Å². The molecule has 1 amide bonds. The fourth-order valence-corrected chi connectivity index (χ4v) is 3.03. The number of aryl methyl sites for hydroxylation is 1. The van der Waals surface area contributed by atoms with Crippen LogP contribution in [0.3, 0.4) is 0 Å². The summed E-state index contributed by atoms with van der Waals surface area (Å²) in [6.45, 7) is 0.408. The molecule has 2 N–H and O–H groups in total. The Morgan fingerprint density at radius 1 is 1.19 bits per heavy atom. The van der Waals surface area contributed by atoms with Crippen LogP contribution < -0.4 is 10.1 Å². The van der Waals surface area contributed by atoms with Crippen molar-refractivity contribution in [1.82, 2.24) is 5.32 Å². The van der Waals surface area contributed by atoms with Gasteiger partial charge in [-0.25, -0.2) is 0 Å². The highest BCUT2D eigenvalue weighted by Crippen LogP contribution is 2.29. The lowest BCUT2D eigenvalue weighted by Crippen LogP contribution is -2.34. The zero-order valence-electron chi connectivity index (χ0n) is 14.4. The molecular formula is C18H22F3NO4. The van der Waals surface area contributed by atoms with Gasteiger partial charge in [-0.15, -0.1) is 0 Å². The third kappa shape index (κ3) is 5.93. The van der Waals surface area contributed by atoms with Gasteiger partial charge in [0, 0.05) is 18.0 Å². The maximum atomic E-state index is 12.4. The van der Waals surface area contributed by atoms with Crippen LogP contribution in [0.25, 0.3) is 0 Å². The molecule has 1 aromatic rings. The summed E-state index contributed by atoms with van der Waals surface area (Å²) in [5, 5.41) is 11.7.